The van der Waals surface area contributed by atoms with Crippen molar-refractivity contribution in [2.75, 3.05) is 37.6 Å². The minimum Gasteiger partial charge on any atom is -0.371 e. The van der Waals surface area contributed by atoms with Crippen molar-refractivity contribution in [3.63, 3.8) is 0 Å². The molecule has 0 saturated carbocycles. The molecule has 2 aliphatic heterocycles. The molecular formula is C30H41FN4. The zero-order valence-electron chi connectivity index (χ0n) is 21.9. The molecule has 188 valence electrons. The van der Waals surface area contributed by atoms with Crippen LogP contribution in [0.1, 0.15) is 44.5 Å². The van der Waals surface area contributed by atoms with E-state index in [2.05, 4.69) is 77.5 Å². The van der Waals surface area contributed by atoms with Gasteiger partial charge < -0.3 is 14.4 Å². The summed E-state index contributed by atoms with van der Waals surface area (Å²) in [6.45, 7) is 15.4. The summed E-state index contributed by atoms with van der Waals surface area (Å²) in [6.07, 6.45) is 10.9. The number of anilines is 1. The number of allylic oxidation sites excluding steroid dienone is 4. The molecule has 0 radical (unpaired) electrons. The highest BCUT2D eigenvalue weighted by Gasteiger charge is 2.41. The maximum atomic E-state index is 14.5. The van der Waals surface area contributed by atoms with E-state index < -0.39 is 0 Å². The SMILES string of the molecule is Cc1ccc(N2CC(CN3CCC(C(C)(Cn4ccnc4C)C4=CC(F)=CC(C)C4)CC3)C2)cc1. The molecule has 2 atom stereocenters. The number of aromatic nitrogens is 2. The Morgan fingerprint density at radius 3 is 2.43 bits per heavy atom. The van der Waals surface area contributed by atoms with Gasteiger partial charge in [0, 0.05) is 55.6 Å². The molecule has 1 aliphatic carbocycles. The van der Waals surface area contributed by atoms with Crippen molar-refractivity contribution in [3.8, 4) is 0 Å². The van der Waals surface area contributed by atoms with Crippen molar-refractivity contribution in [2.45, 2.75) is 53.5 Å². The zero-order chi connectivity index (χ0) is 24.6. The monoisotopic (exact) mass is 476 g/mol. The van der Waals surface area contributed by atoms with E-state index in [0.717, 1.165) is 50.9 Å². The summed E-state index contributed by atoms with van der Waals surface area (Å²) in [6, 6.07) is 8.91. The summed E-state index contributed by atoms with van der Waals surface area (Å²) in [5.41, 5.74) is 3.90. The maximum Gasteiger partial charge on any atom is 0.119 e. The standard InChI is InChI=1S/C30H41FN4/c1-22-5-7-29(8-6-22)35-19-25(20-35)18-33-12-9-26(10-13-33)30(4,21-34-14-11-32-24(34)3)27-15-23(2)16-28(31)17-27/h5-8,11,14,16-17,23,25-26H,9-10,12-13,15,18-21H2,1-4H3. The lowest BCUT2D eigenvalue weighted by Crippen LogP contribution is -2.53. The summed E-state index contributed by atoms with van der Waals surface area (Å²) < 4.78 is 16.8. The average Bonchev–Trinajstić information content (AvgIpc) is 3.20. The van der Waals surface area contributed by atoms with E-state index in [1.54, 1.807) is 6.08 Å². The van der Waals surface area contributed by atoms with Gasteiger partial charge in [0.2, 0.25) is 0 Å². The molecule has 5 heteroatoms. The van der Waals surface area contributed by atoms with E-state index in [1.807, 2.05) is 12.3 Å². The lowest BCUT2D eigenvalue weighted by atomic mass is 9.64. The summed E-state index contributed by atoms with van der Waals surface area (Å²) in [7, 11) is 0. The van der Waals surface area contributed by atoms with Crippen molar-refractivity contribution in [3.05, 3.63) is 71.6 Å². The van der Waals surface area contributed by atoms with Crippen molar-refractivity contribution >= 4 is 5.69 Å². The highest BCUT2D eigenvalue weighted by molar-refractivity contribution is 5.49. The average molecular weight is 477 g/mol. The first kappa shape index (κ1) is 24.3. The third-order valence-corrected chi connectivity index (χ3v) is 8.82. The fourth-order valence-electron chi connectivity index (χ4n) is 6.54. The first-order valence-corrected chi connectivity index (χ1v) is 13.4. The zero-order valence-corrected chi connectivity index (χ0v) is 21.9. The number of hydrogen-bond donors (Lipinski definition) is 0. The molecule has 1 aromatic carbocycles. The van der Waals surface area contributed by atoms with E-state index >= 15 is 0 Å². The molecule has 2 fully saturated rings. The van der Waals surface area contributed by atoms with Gasteiger partial charge in [-0.3, -0.25) is 0 Å². The predicted molar refractivity (Wildman–Crippen MR) is 142 cm³/mol. The molecule has 1 aromatic heterocycles. The second-order valence-electron chi connectivity index (χ2n) is 11.6. The largest absolute Gasteiger partial charge is 0.371 e. The van der Waals surface area contributed by atoms with Gasteiger partial charge in [-0.15, -0.1) is 0 Å². The van der Waals surface area contributed by atoms with Crippen molar-refractivity contribution < 1.29 is 4.39 Å². The minimum atomic E-state index is -0.0621. The normalized spacial score (nSPS) is 24.0. The van der Waals surface area contributed by atoms with Crippen LogP contribution >= 0.6 is 0 Å². The number of halogens is 1. The Balaban J connectivity index is 1.21. The number of aryl methyl sites for hydroxylation is 2. The van der Waals surface area contributed by atoms with Gasteiger partial charge in [0.25, 0.3) is 0 Å². The van der Waals surface area contributed by atoms with Crippen LogP contribution in [0, 0.1) is 37.0 Å². The number of hydrogen-bond acceptors (Lipinski definition) is 3. The number of nitrogens with zero attached hydrogens (tertiary/aromatic N) is 4. The van der Waals surface area contributed by atoms with E-state index in [1.165, 1.54) is 36.2 Å². The van der Waals surface area contributed by atoms with Gasteiger partial charge in [-0.2, -0.15) is 0 Å². The Hall–Kier alpha value is -2.40. The summed E-state index contributed by atoms with van der Waals surface area (Å²) in [5, 5.41) is 0. The Morgan fingerprint density at radius 2 is 1.80 bits per heavy atom. The van der Waals surface area contributed by atoms with Crippen LogP contribution in [-0.2, 0) is 6.54 Å². The smallest absolute Gasteiger partial charge is 0.119 e. The van der Waals surface area contributed by atoms with Crippen molar-refractivity contribution in [1.29, 1.82) is 0 Å². The second kappa shape index (κ2) is 9.93. The topological polar surface area (TPSA) is 24.3 Å². The number of rotatable bonds is 7. The molecule has 0 spiro atoms. The molecule has 3 aliphatic rings. The van der Waals surface area contributed by atoms with Crippen molar-refractivity contribution in [2.24, 2.45) is 23.2 Å². The second-order valence-corrected chi connectivity index (χ2v) is 11.6. The van der Waals surface area contributed by atoms with E-state index in [0.29, 0.717) is 5.92 Å². The molecule has 35 heavy (non-hydrogen) atoms. The fraction of sp³-hybridized carbons (Fsp3) is 0.567. The molecule has 5 rings (SSSR count). The lowest BCUT2D eigenvalue weighted by Gasteiger charge is -2.48. The Morgan fingerprint density at radius 1 is 1.09 bits per heavy atom. The van der Waals surface area contributed by atoms with E-state index in [9.17, 15) is 4.39 Å². The third kappa shape index (κ3) is 5.25. The van der Waals surface area contributed by atoms with Crippen LogP contribution in [0.25, 0.3) is 0 Å². The number of likely N-dealkylation sites (tertiary alicyclic amines) is 1. The number of imidazole rings is 1. The molecule has 0 amide bonds. The van der Waals surface area contributed by atoms with Crippen LogP contribution in [0.15, 0.2) is 60.2 Å². The number of benzene rings is 1. The van der Waals surface area contributed by atoms with Crippen LogP contribution in [0.4, 0.5) is 10.1 Å². The lowest BCUT2D eigenvalue weighted by molar-refractivity contribution is 0.0824. The summed E-state index contributed by atoms with van der Waals surface area (Å²) in [5.74, 6) is 2.54. The maximum absolute atomic E-state index is 14.5. The molecular weight excluding hydrogens is 435 g/mol. The third-order valence-electron chi connectivity index (χ3n) is 8.82. The quantitative estimate of drug-likeness (QED) is 0.477. The first-order valence-electron chi connectivity index (χ1n) is 13.4. The molecule has 2 aromatic rings. The van der Waals surface area contributed by atoms with Gasteiger partial charge in [0.15, 0.2) is 0 Å². The van der Waals surface area contributed by atoms with Gasteiger partial charge in [-0.25, -0.2) is 9.37 Å². The molecule has 3 heterocycles. The van der Waals surface area contributed by atoms with Crippen molar-refractivity contribution in [1.82, 2.24) is 14.5 Å². The van der Waals surface area contributed by atoms with Gasteiger partial charge in [-0.05, 0) is 82.3 Å². The Labute approximate surface area is 210 Å². The van der Waals surface area contributed by atoms with Crippen LogP contribution in [0.5, 0.6) is 0 Å². The van der Waals surface area contributed by atoms with Crippen LogP contribution in [-0.4, -0.2) is 47.2 Å². The van der Waals surface area contributed by atoms with E-state index in [4.69, 9.17) is 0 Å². The van der Waals surface area contributed by atoms with Gasteiger partial charge >= 0.3 is 0 Å². The Bertz CT molecular complexity index is 1070. The molecule has 2 unspecified atom stereocenters. The summed E-state index contributed by atoms with van der Waals surface area (Å²) >= 11 is 0. The Kier molecular flexibility index (Phi) is 6.89. The van der Waals surface area contributed by atoms with Crippen LogP contribution in [0.3, 0.4) is 0 Å². The van der Waals surface area contributed by atoms with Gasteiger partial charge in [0.1, 0.15) is 11.7 Å². The van der Waals surface area contributed by atoms with E-state index in [-0.39, 0.29) is 17.2 Å². The minimum absolute atomic E-state index is 0.0594. The molecule has 4 nitrogen and oxygen atoms in total. The van der Waals surface area contributed by atoms with Crippen LogP contribution in [0.2, 0.25) is 0 Å². The fourth-order valence-corrected chi connectivity index (χ4v) is 6.54. The van der Waals surface area contributed by atoms with Gasteiger partial charge in [-0.1, -0.05) is 37.1 Å². The highest BCUT2D eigenvalue weighted by atomic mass is 19.1. The predicted octanol–water partition coefficient (Wildman–Crippen LogP) is 6.17. The van der Waals surface area contributed by atoms with Crippen LogP contribution < -0.4 is 4.90 Å². The summed E-state index contributed by atoms with van der Waals surface area (Å²) in [4.78, 5) is 9.64. The first-order chi connectivity index (χ1) is 16.8. The number of piperidine rings is 1. The molecule has 0 N–H and O–H groups in total. The van der Waals surface area contributed by atoms with Gasteiger partial charge in [0.05, 0.1) is 0 Å². The molecule has 2 saturated heterocycles. The highest BCUT2D eigenvalue weighted by Crippen LogP contribution is 2.47. The molecule has 0 bridgehead atoms.